The summed E-state index contributed by atoms with van der Waals surface area (Å²) < 4.78 is 1.79. The standard InChI is InChI=1S/C17H17ClN4/c1-2-12-7-9-13(10-8-12)22-17(16(11-19)20-21-22)14-5-3-4-6-15(14)18/h3-10H,2,11,19H2,1H3. The van der Waals surface area contributed by atoms with Gasteiger partial charge in [-0.25, -0.2) is 4.68 Å². The van der Waals surface area contributed by atoms with Crippen LogP contribution >= 0.6 is 11.6 Å². The van der Waals surface area contributed by atoms with Crippen molar-refractivity contribution in [2.75, 3.05) is 0 Å². The molecule has 0 fully saturated rings. The molecule has 1 heterocycles. The van der Waals surface area contributed by atoms with Crippen molar-refractivity contribution in [3.05, 3.63) is 64.8 Å². The molecule has 0 aliphatic rings. The highest BCUT2D eigenvalue weighted by molar-refractivity contribution is 6.33. The number of benzene rings is 2. The molecule has 2 N–H and O–H groups in total. The summed E-state index contributed by atoms with van der Waals surface area (Å²) in [5, 5.41) is 9.12. The molecule has 0 saturated heterocycles. The van der Waals surface area contributed by atoms with Crippen molar-refractivity contribution in [1.29, 1.82) is 0 Å². The van der Waals surface area contributed by atoms with Crippen LogP contribution in [-0.2, 0) is 13.0 Å². The minimum Gasteiger partial charge on any atom is -0.325 e. The summed E-state index contributed by atoms with van der Waals surface area (Å²) in [5.74, 6) is 0. The molecule has 3 aromatic rings. The highest BCUT2D eigenvalue weighted by atomic mass is 35.5. The lowest BCUT2D eigenvalue weighted by molar-refractivity contribution is 0.799. The molecule has 0 bridgehead atoms. The zero-order valence-electron chi connectivity index (χ0n) is 12.3. The lowest BCUT2D eigenvalue weighted by Crippen LogP contribution is -2.03. The zero-order chi connectivity index (χ0) is 15.5. The Labute approximate surface area is 134 Å². The quantitative estimate of drug-likeness (QED) is 0.800. The van der Waals surface area contributed by atoms with E-state index in [0.717, 1.165) is 29.1 Å². The van der Waals surface area contributed by atoms with Crippen molar-refractivity contribution < 1.29 is 0 Å². The molecule has 0 aliphatic heterocycles. The van der Waals surface area contributed by atoms with Crippen LogP contribution in [-0.4, -0.2) is 15.0 Å². The SMILES string of the molecule is CCc1ccc(-n2nnc(CN)c2-c2ccccc2Cl)cc1. The van der Waals surface area contributed by atoms with E-state index in [2.05, 4.69) is 29.4 Å². The molecule has 1 aromatic heterocycles. The van der Waals surface area contributed by atoms with Crippen LogP contribution in [0.5, 0.6) is 0 Å². The van der Waals surface area contributed by atoms with Crippen LogP contribution in [0.15, 0.2) is 48.5 Å². The van der Waals surface area contributed by atoms with E-state index in [1.165, 1.54) is 5.56 Å². The van der Waals surface area contributed by atoms with Crippen LogP contribution in [0, 0.1) is 0 Å². The minimum absolute atomic E-state index is 0.313. The van der Waals surface area contributed by atoms with Crippen LogP contribution in [0.1, 0.15) is 18.2 Å². The molecule has 112 valence electrons. The van der Waals surface area contributed by atoms with E-state index in [4.69, 9.17) is 17.3 Å². The molecule has 5 heteroatoms. The second kappa shape index (κ2) is 6.30. The fourth-order valence-electron chi connectivity index (χ4n) is 2.43. The van der Waals surface area contributed by atoms with E-state index in [1.807, 2.05) is 36.4 Å². The number of rotatable bonds is 4. The third kappa shape index (κ3) is 2.63. The van der Waals surface area contributed by atoms with Gasteiger partial charge in [0.25, 0.3) is 0 Å². The lowest BCUT2D eigenvalue weighted by atomic mass is 10.1. The number of aryl methyl sites for hydroxylation is 1. The van der Waals surface area contributed by atoms with Gasteiger partial charge in [0.05, 0.1) is 10.7 Å². The van der Waals surface area contributed by atoms with Crippen molar-refractivity contribution in [3.8, 4) is 16.9 Å². The first-order chi connectivity index (χ1) is 10.7. The highest BCUT2D eigenvalue weighted by Crippen LogP contribution is 2.31. The summed E-state index contributed by atoms with van der Waals surface area (Å²) in [4.78, 5) is 0. The Morgan fingerprint density at radius 2 is 1.82 bits per heavy atom. The van der Waals surface area contributed by atoms with Gasteiger partial charge in [-0.15, -0.1) is 5.10 Å². The molecule has 0 atom stereocenters. The highest BCUT2D eigenvalue weighted by Gasteiger charge is 2.17. The number of nitrogens with zero attached hydrogens (tertiary/aromatic N) is 3. The van der Waals surface area contributed by atoms with Crippen LogP contribution in [0.4, 0.5) is 0 Å². The van der Waals surface area contributed by atoms with E-state index in [-0.39, 0.29) is 0 Å². The number of hydrogen-bond donors (Lipinski definition) is 1. The van der Waals surface area contributed by atoms with E-state index >= 15 is 0 Å². The maximum atomic E-state index is 6.34. The maximum absolute atomic E-state index is 6.34. The van der Waals surface area contributed by atoms with Gasteiger partial charge in [-0.1, -0.05) is 54.1 Å². The molecule has 0 aliphatic carbocycles. The van der Waals surface area contributed by atoms with Gasteiger partial charge >= 0.3 is 0 Å². The fourth-order valence-corrected chi connectivity index (χ4v) is 2.65. The summed E-state index contributed by atoms with van der Waals surface area (Å²) >= 11 is 6.34. The Bertz CT molecular complexity index is 778. The summed E-state index contributed by atoms with van der Waals surface area (Å²) in [6.07, 6.45) is 1.00. The number of nitrogens with two attached hydrogens (primary N) is 1. The maximum Gasteiger partial charge on any atom is 0.105 e. The van der Waals surface area contributed by atoms with Gasteiger partial charge < -0.3 is 5.73 Å². The normalized spacial score (nSPS) is 10.9. The van der Waals surface area contributed by atoms with Crippen molar-refractivity contribution in [2.24, 2.45) is 5.73 Å². The molecular formula is C17H17ClN4. The summed E-state index contributed by atoms with van der Waals surface area (Å²) in [5.41, 5.74) is 10.5. The van der Waals surface area contributed by atoms with Crippen molar-refractivity contribution in [2.45, 2.75) is 19.9 Å². The van der Waals surface area contributed by atoms with Crippen LogP contribution in [0.3, 0.4) is 0 Å². The lowest BCUT2D eigenvalue weighted by Gasteiger charge is -2.10. The topological polar surface area (TPSA) is 56.7 Å². The number of halogens is 1. The van der Waals surface area contributed by atoms with Crippen molar-refractivity contribution in [1.82, 2.24) is 15.0 Å². The number of hydrogen-bond acceptors (Lipinski definition) is 3. The van der Waals surface area contributed by atoms with Gasteiger partial charge in [-0.3, -0.25) is 0 Å². The molecule has 3 rings (SSSR count). The largest absolute Gasteiger partial charge is 0.325 e. The average molecular weight is 313 g/mol. The van der Waals surface area contributed by atoms with Gasteiger partial charge in [0, 0.05) is 12.1 Å². The predicted octanol–water partition coefficient (Wildman–Crippen LogP) is 3.61. The second-order valence-electron chi connectivity index (χ2n) is 5.00. The third-order valence-electron chi connectivity index (χ3n) is 3.65. The summed E-state index contributed by atoms with van der Waals surface area (Å²) in [7, 11) is 0. The number of aromatic nitrogens is 3. The monoisotopic (exact) mass is 312 g/mol. The van der Waals surface area contributed by atoms with Gasteiger partial charge in [-0.05, 0) is 30.2 Å². The Hall–Kier alpha value is -2.17. The first kappa shape index (κ1) is 14.8. The fraction of sp³-hybridized carbons (Fsp3) is 0.176. The van der Waals surface area contributed by atoms with Gasteiger partial charge in [0.2, 0.25) is 0 Å². The molecule has 0 unspecified atom stereocenters. The van der Waals surface area contributed by atoms with Crippen LogP contribution in [0.2, 0.25) is 5.02 Å². The van der Waals surface area contributed by atoms with E-state index in [0.29, 0.717) is 11.6 Å². The third-order valence-corrected chi connectivity index (χ3v) is 3.98. The van der Waals surface area contributed by atoms with Crippen LogP contribution < -0.4 is 5.73 Å². The molecule has 0 spiro atoms. The molecule has 0 amide bonds. The van der Waals surface area contributed by atoms with Gasteiger partial charge in [0.15, 0.2) is 0 Å². The molecule has 22 heavy (non-hydrogen) atoms. The zero-order valence-corrected chi connectivity index (χ0v) is 13.1. The van der Waals surface area contributed by atoms with Crippen molar-refractivity contribution in [3.63, 3.8) is 0 Å². The smallest absolute Gasteiger partial charge is 0.105 e. The van der Waals surface area contributed by atoms with E-state index in [9.17, 15) is 0 Å². The Balaban J connectivity index is 2.17. The average Bonchev–Trinajstić information content (AvgIpc) is 2.99. The summed E-state index contributed by atoms with van der Waals surface area (Å²) in [6, 6.07) is 15.9. The Morgan fingerprint density at radius 1 is 1.09 bits per heavy atom. The Kier molecular flexibility index (Phi) is 4.22. The first-order valence-electron chi connectivity index (χ1n) is 7.23. The van der Waals surface area contributed by atoms with Crippen LogP contribution in [0.25, 0.3) is 16.9 Å². The summed E-state index contributed by atoms with van der Waals surface area (Å²) in [6.45, 7) is 2.44. The predicted molar refractivity (Wildman–Crippen MR) is 89.1 cm³/mol. The molecule has 2 aromatic carbocycles. The first-order valence-corrected chi connectivity index (χ1v) is 7.61. The molecular weight excluding hydrogens is 296 g/mol. The Morgan fingerprint density at radius 3 is 2.45 bits per heavy atom. The second-order valence-corrected chi connectivity index (χ2v) is 5.41. The van der Waals surface area contributed by atoms with E-state index in [1.54, 1.807) is 4.68 Å². The van der Waals surface area contributed by atoms with Gasteiger partial charge in [0.1, 0.15) is 11.4 Å². The molecule has 0 saturated carbocycles. The molecule has 0 radical (unpaired) electrons. The minimum atomic E-state index is 0.313. The van der Waals surface area contributed by atoms with Crippen molar-refractivity contribution >= 4 is 11.6 Å². The van der Waals surface area contributed by atoms with E-state index < -0.39 is 0 Å². The molecule has 4 nitrogen and oxygen atoms in total. The van der Waals surface area contributed by atoms with Gasteiger partial charge in [-0.2, -0.15) is 0 Å².